The summed E-state index contributed by atoms with van der Waals surface area (Å²) in [6.45, 7) is 7.15. The fourth-order valence-electron chi connectivity index (χ4n) is 3.83. The van der Waals surface area contributed by atoms with Gasteiger partial charge in [0.15, 0.2) is 5.65 Å². The predicted octanol–water partition coefficient (Wildman–Crippen LogP) is 1.57. The first-order chi connectivity index (χ1) is 12.9. The van der Waals surface area contributed by atoms with E-state index in [1.54, 1.807) is 16.9 Å². The summed E-state index contributed by atoms with van der Waals surface area (Å²) >= 11 is 0. The van der Waals surface area contributed by atoms with E-state index in [9.17, 15) is 9.59 Å². The predicted molar refractivity (Wildman–Crippen MR) is 101 cm³/mol. The van der Waals surface area contributed by atoms with E-state index in [2.05, 4.69) is 10.2 Å². The number of aryl methyl sites for hydroxylation is 3. The second-order valence-corrected chi connectivity index (χ2v) is 7.25. The molecule has 1 N–H and O–H groups in total. The molecule has 0 saturated carbocycles. The van der Waals surface area contributed by atoms with Gasteiger partial charge >= 0.3 is 0 Å². The Bertz CT molecular complexity index is 1090. The summed E-state index contributed by atoms with van der Waals surface area (Å²) in [7, 11) is 1.83. The average molecular weight is 368 g/mol. The van der Waals surface area contributed by atoms with Crippen LogP contribution in [0.25, 0.3) is 5.65 Å². The smallest absolute Gasteiger partial charge is 0.272 e. The van der Waals surface area contributed by atoms with E-state index in [0.29, 0.717) is 24.3 Å². The molecule has 0 spiro atoms. The zero-order chi connectivity index (χ0) is 19.3. The van der Waals surface area contributed by atoms with Crippen molar-refractivity contribution >= 4 is 11.6 Å². The number of carbonyl (C=O) groups excluding carboxylic acids is 1. The highest BCUT2D eigenvalue weighted by Gasteiger charge is 2.31. The van der Waals surface area contributed by atoms with E-state index < -0.39 is 0 Å². The summed E-state index contributed by atoms with van der Waals surface area (Å²) in [4.78, 5) is 31.9. The second-order valence-electron chi connectivity index (χ2n) is 7.25. The first-order valence-electron chi connectivity index (χ1n) is 9.29. The molecule has 0 aromatic carbocycles. The lowest BCUT2D eigenvalue weighted by Crippen LogP contribution is -2.29. The molecule has 8 heteroatoms. The van der Waals surface area contributed by atoms with Gasteiger partial charge in [-0.2, -0.15) is 5.10 Å². The van der Waals surface area contributed by atoms with Gasteiger partial charge in [0.2, 0.25) is 0 Å². The van der Waals surface area contributed by atoms with Crippen molar-refractivity contribution < 1.29 is 4.79 Å². The molecule has 1 amide bonds. The Morgan fingerprint density at radius 3 is 2.81 bits per heavy atom. The maximum Gasteiger partial charge on any atom is 0.272 e. The molecular formula is C19H24N6O2. The van der Waals surface area contributed by atoms with Crippen molar-refractivity contribution in [2.24, 2.45) is 7.05 Å². The molecule has 0 bridgehead atoms. The van der Waals surface area contributed by atoms with Crippen LogP contribution in [0, 0.1) is 13.8 Å². The summed E-state index contributed by atoms with van der Waals surface area (Å²) in [6.07, 6.45) is 3.25. The van der Waals surface area contributed by atoms with Crippen molar-refractivity contribution in [1.82, 2.24) is 29.3 Å². The van der Waals surface area contributed by atoms with E-state index in [1.165, 1.54) is 4.52 Å². The lowest BCUT2D eigenvalue weighted by molar-refractivity contribution is 0.0790. The molecule has 3 aromatic heterocycles. The number of H-pyrrole nitrogens is 1. The lowest BCUT2D eigenvalue weighted by Gasteiger charge is -2.16. The van der Waals surface area contributed by atoms with Crippen molar-refractivity contribution in [3.63, 3.8) is 0 Å². The van der Waals surface area contributed by atoms with Gasteiger partial charge in [-0.15, -0.1) is 0 Å². The van der Waals surface area contributed by atoms with Crippen LogP contribution in [0.15, 0.2) is 17.1 Å². The van der Waals surface area contributed by atoms with Gasteiger partial charge in [0.1, 0.15) is 0 Å². The number of fused-ring (bicyclic) bond motifs is 1. The van der Waals surface area contributed by atoms with Crippen LogP contribution < -0.4 is 5.56 Å². The molecule has 1 saturated heterocycles. The molecule has 1 atom stereocenters. The molecule has 0 radical (unpaired) electrons. The third kappa shape index (κ3) is 2.75. The molecule has 1 fully saturated rings. The first kappa shape index (κ1) is 17.5. The maximum absolute atomic E-state index is 12.8. The normalized spacial score (nSPS) is 17.2. The van der Waals surface area contributed by atoms with Gasteiger partial charge in [-0.1, -0.05) is 6.92 Å². The number of nitrogens with one attached hydrogen (secondary N) is 1. The molecule has 1 aliphatic heterocycles. The van der Waals surface area contributed by atoms with Crippen LogP contribution >= 0.6 is 0 Å². The molecule has 8 nitrogen and oxygen atoms in total. The van der Waals surface area contributed by atoms with Gasteiger partial charge < -0.3 is 4.90 Å². The van der Waals surface area contributed by atoms with Gasteiger partial charge in [0.05, 0.1) is 17.5 Å². The molecule has 0 aliphatic carbocycles. The number of aromatic amines is 1. The maximum atomic E-state index is 12.8. The van der Waals surface area contributed by atoms with Crippen LogP contribution in [0.5, 0.6) is 0 Å². The summed E-state index contributed by atoms with van der Waals surface area (Å²) in [5.41, 5.74) is 4.86. The molecular weight excluding hydrogens is 344 g/mol. The Labute approximate surface area is 156 Å². The minimum absolute atomic E-state index is 0.00741. The molecule has 4 rings (SSSR count). The Morgan fingerprint density at radius 2 is 2.15 bits per heavy atom. The van der Waals surface area contributed by atoms with Crippen molar-refractivity contribution in [3.05, 3.63) is 50.8 Å². The van der Waals surface area contributed by atoms with Gasteiger partial charge in [-0.05, 0) is 26.7 Å². The SMILES string of the molecule is CCc1[nH]n2c(=O)cc([C@H]3CCN(C(=O)c4cnn(C)c4C)C3)nc2c1C. The molecule has 4 heterocycles. The lowest BCUT2D eigenvalue weighted by atomic mass is 10.0. The fraction of sp³-hybridized carbons (Fsp3) is 0.474. The van der Waals surface area contributed by atoms with E-state index >= 15 is 0 Å². The number of carbonyl (C=O) groups is 1. The van der Waals surface area contributed by atoms with Crippen LogP contribution in [0.3, 0.4) is 0 Å². The Morgan fingerprint density at radius 1 is 1.37 bits per heavy atom. The number of nitrogens with zero attached hydrogens (tertiary/aromatic N) is 5. The highest BCUT2D eigenvalue weighted by Crippen LogP contribution is 2.27. The summed E-state index contributed by atoms with van der Waals surface area (Å²) < 4.78 is 3.21. The number of aromatic nitrogens is 5. The van der Waals surface area contributed by atoms with E-state index in [1.807, 2.05) is 32.7 Å². The number of hydrogen-bond donors (Lipinski definition) is 1. The van der Waals surface area contributed by atoms with E-state index in [0.717, 1.165) is 35.5 Å². The highest BCUT2D eigenvalue weighted by molar-refractivity contribution is 5.95. The number of hydrogen-bond acceptors (Lipinski definition) is 4. The first-order valence-corrected chi connectivity index (χ1v) is 9.29. The van der Waals surface area contributed by atoms with Crippen molar-refractivity contribution in [1.29, 1.82) is 0 Å². The summed E-state index contributed by atoms with van der Waals surface area (Å²) in [5, 5.41) is 7.29. The quantitative estimate of drug-likeness (QED) is 0.760. The average Bonchev–Trinajstić information content (AvgIpc) is 3.34. The van der Waals surface area contributed by atoms with Gasteiger partial charge in [0, 0.05) is 49.1 Å². The van der Waals surface area contributed by atoms with E-state index in [-0.39, 0.29) is 17.4 Å². The summed E-state index contributed by atoms with van der Waals surface area (Å²) in [5.74, 6) is 0.0648. The molecule has 142 valence electrons. The van der Waals surface area contributed by atoms with Gasteiger partial charge in [-0.3, -0.25) is 19.4 Å². The summed E-state index contributed by atoms with van der Waals surface area (Å²) in [6, 6.07) is 1.59. The zero-order valence-corrected chi connectivity index (χ0v) is 16.1. The fourth-order valence-corrected chi connectivity index (χ4v) is 3.83. The standard InChI is InChI=1S/C19H24N6O2/c1-5-15-11(2)18-21-16(8-17(26)25(18)22-15)13-6-7-24(10-13)19(27)14-9-20-23(4)12(14)3/h8-9,13,22H,5-7,10H2,1-4H3/t13-/m0/s1. The van der Waals surface area contributed by atoms with Crippen LogP contribution in [-0.4, -0.2) is 48.3 Å². The van der Waals surface area contributed by atoms with Crippen molar-refractivity contribution in [3.8, 4) is 0 Å². The van der Waals surface area contributed by atoms with Crippen LogP contribution in [-0.2, 0) is 13.5 Å². The highest BCUT2D eigenvalue weighted by atomic mass is 16.2. The molecule has 27 heavy (non-hydrogen) atoms. The Balaban J connectivity index is 1.62. The zero-order valence-electron chi connectivity index (χ0n) is 16.1. The third-order valence-electron chi connectivity index (χ3n) is 5.69. The minimum Gasteiger partial charge on any atom is -0.338 e. The second kappa shape index (κ2) is 6.37. The molecule has 0 unspecified atom stereocenters. The largest absolute Gasteiger partial charge is 0.338 e. The van der Waals surface area contributed by atoms with Gasteiger partial charge in [-0.25, -0.2) is 9.50 Å². The Kier molecular flexibility index (Phi) is 4.13. The topological polar surface area (TPSA) is 88.3 Å². The van der Waals surface area contributed by atoms with E-state index in [4.69, 9.17) is 4.98 Å². The molecule has 1 aliphatic rings. The van der Waals surface area contributed by atoms with Crippen molar-refractivity contribution in [2.75, 3.05) is 13.1 Å². The number of likely N-dealkylation sites (tertiary alicyclic amines) is 1. The molecule has 3 aromatic rings. The number of rotatable bonds is 3. The Hall–Kier alpha value is -2.90. The monoisotopic (exact) mass is 368 g/mol. The van der Waals surface area contributed by atoms with Crippen molar-refractivity contribution in [2.45, 2.75) is 39.5 Å². The third-order valence-corrected chi connectivity index (χ3v) is 5.69. The minimum atomic E-state index is -0.106. The van der Waals surface area contributed by atoms with Crippen LogP contribution in [0.2, 0.25) is 0 Å². The number of amides is 1. The van der Waals surface area contributed by atoms with Gasteiger partial charge in [0.25, 0.3) is 11.5 Å². The van der Waals surface area contributed by atoms with Crippen LogP contribution in [0.1, 0.15) is 52.3 Å². The van der Waals surface area contributed by atoms with Crippen LogP contribution in [0.4, 0.5) is 0 Å².